The Morgan fingerprint density at radius 3 is 3.00 bits per heavy atom. The fourth-order valence-electron chi connectivity index (χ4n) is 1.06. The van der Waals surface area contributed by atoms with Crippen molar-refractivity contribution in [2.75, 3.05) is 0 Å². The summed E-state index contributed by atoms with van der Waals surface area (Å²) in [6, 6.07) is 3.82. The van der Waals surface area contributed by atoms with Gasteiger partial charge in [-0.3, -0.25) is 0 Å². The Kier molecular flexibility index (Phi) is 2.29. The van der Waals surface area contributed by atoms with Gasteiger partial charge in [0.1, 0.15) is 0 Å². The van der Waals surface area contributed by atoms with Gasteiger partial charge in [-0.2, -0.15) is 5.26 Å². The number of aryl methyl sites for hydroxylation is 1. The zero-order valence-corrected chi connectivity index (χ0v) is 6.46. The van der Waals surface area contributed by atoms with Crippen LogP contribution in [0.15, 0.2) is 12.3 Å². The summed E-state index contributed by atoms with van der Waals surface area (Å²) in [7, 11) is 0. The maximum Gasteiger partial charge on any atom is 0.0642 e. The van der Waals surface area contributed by atoms with Crippen molar-refractivity contribution in [1.29, 1.82) is 5.26 Å². The Balaban J connectivity index is 2.77. The van der Waals surface area contributed by atoms with Crippen LogP contribution in [0.5, 0.6) is 0 Å². The van der Waals surface area contributed by atoms with E-state index in [-0.39, 0.29) is 6.04 Å². The molecule has 0 aliphatic rings. The highest BCUT2D eigenvalue weighted by Crippen LogP contribution is 2.14. The number of hydrogen-bond acceptors (Lipinski definition) is 2. The van der Waals surface area contributed by atoms with Crippen LogP contribution in [-0.4, -0.2) is 4.98 Å². The van der Waals surface area contributed by atoms with Crippen LogP contribution in [0.2, 0.25) is 0 Å². The normalized spacial score (nSPS) is 12.5. The van der Waals surface area contributed by atoms with Crippen LogP contribution in [0.4, 0.5) is 0 Å². The Morgan fingerprint density at radius 2 is 2.55 bits per heavy atom. The number of nitrogens with one attached hydrogen (secondary N) is 1. The summed E-state index contributed by atoms with van der Waals surface area (Å²) in [6.45, 7) is 1.98. The van der Waals surface area contributed by atoms with Gasteiger partial charge >= 0.3 is 0 Å². The average molecular weight is 149 g/mol. The van der Waals surface area contributed by atoms with Gasteiger partial charge in [-0.05, 0) is 18.6 Å². The summed E-state index contributed by atoms with van der Waals surface area (Å²) < 4.78 is 0. The molecule has 0 amide bonds. The minimum Gasteiger partial charge on any atom is -0.363 e. The molecule has 3 heteroatoms. The molecular weight excluding hydrogens is 138 g/mol. The first-order valence-electron chi connectivity index (χ1n) is 3.52. The van der Waals surface area contributed by atoms with Gasteiger partial charge in [0.2, 0.25) is 0 Å². The first-order chi connectivity index (χ1) is 5.25. The van der Waals surface area contributed by atoms with Gasteiger partial charge in [0.15, 0.2) is 0 Å². The number of aromatic amines is 1. The third kappa shape index (κ3) is 1.60. The highest BCUT2D eigenvalue weighted by atomic mass is 14.8. The van der Waals surface area contributed by atoms with Crippen LogP contribution in [0.1, 0.15) is 23.7 Å². The third-order valence-corrected chi connectivity index (χ3v) is 1.68. The van der Waals surface area contributed by atoms with Crippen molar-refractivity contribution < 1.29 is 0 Å². The molecule has 0 spiro atoms. The zero-order valence-electron chi connectivity index (χ0n) is 6.46. The van der Waals surface area contributed by atoms with Gasteiger partial charge < -0.3 is 10.7 Å². The minimum absolute atomic E-state index is 0.171. The van der Waals surface area contributed by atoms with Crippen molar-refractivity contribution in [2.45, 2.75) is 19.4 Å². The molecule has 0 aromatic carbocycles. The van der Waals surface area contributed by atoms with Gasteiger partial charge in [-0.25, -0.2) is 0 Å². The molecule has 0 saturated heterocycles. The van der Waals surface area contributed by atoms with E-state index in [0.717, 1.165) is 11.3 Å². The summed E-state index contributed by atoms with van der Waals surface area (Å²) >= 11 is 0. The van der Waals surface area contributed by atoms with Crippen LogP contribution in [0.3, 0.4) is 0 Å². The maximum atomic E-state index is 8.38. The molecular formula is C8H11N3. The van der Waals surface area contributed by atoms with E-state index >= 15 is 0 Å². The molecule has 1 atom stereocenters. The van der Waals surface area contributed by atoms with Crippen LogP contribution in [0, 0.1) is 18.3 Å². The lowest BCUT2D eigenvalue weighted by atomic mass is 10.1. The predicted octanol–water partition coefficient (Wildman–Crippen LogP) is 1.24. The highest BCUT2D eigenvalue weighted by Gasteiger charge is 2.08. The SMILES string of the molecule is Cc1cc[nH]c1C(N)CC#N. The maximum absolute atomic E-state index is 8.38. The van der Waals surface area contributed by atoms with E-state index in [1.165, 1.54) is 0 Å². The molecule has 0 aliphatic carbocycles. The van der Waals surface area contributed by atoms with Gasteiger partial charge in [-0.1, -0.05) is 0 Å². The second kappa shape index (κ2) is 3.22. The summed E-state index contributed by atoms with van der Waals surface area (Å²) in [4.78, 5) is 3.01. The molecule has 0 bridgehead atoms. The van der Waals surface area contributed by atoms with E-state index in [0.29, 0.717) is 6.42 Å². The summed E-state index contributed by atoms with van der Waals surface area (Å²) in [6.07, 6.45) is 2.20. The fourth-order valence-corrected chi connectivity index (χ4v) is 1.06. The van der Waals surface area contributed by atoms with Crippen molar-refractivity contribution in [1.82, 2.24) is 4.98 Å². The van der Waals surface area contributed by atoms with Crippen LogP contribution >= 0.6 is 0 Å². The minimum atomic E-state index is -0.171. The summed E-state index contributed by atoms with van der Waals surface area (Å²) in [5.74, 6) is 0. The largest absolute Gasteiger partial charge is 0.363 e. The van der Waals surface area contributed by atoms with Crippen molar-refractivity contribution >= 4 is 0 Å². The van der Waals surface area contributed by atoms with Crippen molar-refractivity contribution in [2.24, 2.45) is 5.73 Å². The van der Waals surface area contributed by atoms with Gasteiger partial charge in [-0.15, -0.1) is 0 Å². The van der Waals surface area contributed by atoms with Gasteiger partial charge in [0.05, 0.1) is 18.5 Å². The van der Waals surface area contributed by atoms with Crippen molar-refractivity contribution in [3.63, 3.8) is 0 Å². The number of nitrogens with zero attached hydrogens (tertiary/aromatic N) is 1. The first-order valence-corrected chi connectivity index (χ1v) is 3.52. The Morgan fingerprint density at radius 1 is 1.82 bits per heavy atom. The molecule has 1 aromatic heterocycles. The predicted molar refractivity (Wildman–Crippen MR) is 42.7 cm³/mol. The lowest BCUT2D eigenvalue weighted by molar-refractivity contribution is 0.720. The molecule has 1 unspecified atom stereocenters. The fraction of sp³-hybridized carbons (Fsp3) is 0.375. The molecule has 0 radical (unpaired) electrons. The second-order valence-electron chi connectivity index (χ2n) is 2.54. The molecule has 3 N–H and O–H groups in total. The highest BCUT2D eigenvalue weighted by molar-refractivity contribution is 5.22. The monoisotopic (exact) mass is 149 g/mol. The molecule has 0 saturated carbocycles. The average Bonchev–Trinajstić information content (AvgIpc) is 2.36. The second-order valence-corrected chi connectivity index (χ2v) is 2.54. The molecule has 0 aliphatic heterocycles. The Labute approximate surface area is 65.8 Å². The lowest BCUT2D eigenvalue weighted by Crippen LogP contribution is -2.10. The van der Waals surface area contributed by atoms with E-state index in [2.05, 4.69) is 4.98 Å². The standard InChI is InChI=1S/C8H11N3/c1-6-3-5-11-8(6)7(10)2-4-9/h3,5,7,11H,2,10H2,1H3. The molecule has 1 aromatic rings. The van der Waals surface area contributed by atoms with E-state index in [9.17, 15) is 0 Å². The van der Waals surface area contributed by atoms with E-state index in [1.807, 2.05) is 25.3 Å². The Bertz CT molecular complexity index is 269. The summed E-state index contributed by atoms with van der Waals surface area (Å²) in [5, 5.41) is 8.38. The van der Waals surface area contributed by atoms with Crippen LogP contribution < -0.4 is 5.73 Å². The third-order valence-electron chi connectivity index (χ3n) is 1.68. The van der Waals surface area contributed by atoms with E-state index in [4.69, 9.17) is 11.0 Å². The van der Waals surface area contributed by atoms with Crippen molar-refractivity contribution in [3.8, 4) is 6.07 Å². The molecule has 1 rings (SSSR count). The topological polar surface area (TPSA) is 65.6 Å². The number of rotatable bonds is 2. The number of nitriles is 1. The van der Waals surface area contributed by atoms with Crippen molar-refractivity contribution in [3.05, 3.63) is 23.5 Å². The molecule has 11 heavy (non-hydrogen) atoms. The van der Waals surface area contributed by atoms with E-state index < -0.39 is 0 Å². The molecule has 58 valence electrons. The van der Waals surface area contributed by atoms with Gasteiger partial charge in [0.25, 0.3) is 0 Å². The number of nitrogens with two attached hydrogens (primary N) is 1. The zero-order chi connectivity index (χ0) is 8.27. The first kappa shape index (κ1) is 7.83. The smallest absolute Gasteiger partial charge is 0.0642 e. The number of aromatic nitrogens is 1. The van der Waals surface area contributed by atoms with Gasteiger partial charge in [0, 0.05) is 11.9 Å². The quantitative estimate of drug-likeness (QED) is 0.664. The molecule has 1 heterocycles. The van der Waals surface area contributed by atoms with E-state index in [1.54, 1.807) is 0 Å². The summed E-state index contributed by atoms with van der Waals surface area (Å²) in [5.41, 5.74) is 7.78. The Hall–Kier alpha value is -1.27. The number of H-pyrrole nitrogens is 1. The molecule has 3 nitrogen and oxygen atoms in total. The van der Waals surface area contributed by atoms with Crippen LogP contribution in [0.25, 0.3) is 0 Å². The van der Waals surface area contributed by atoms with Crippen LogP contribution in [-0.2, 0) is 0 Å². The number of hydrogen-bond donors (Lipinski definition) is 2. The molecule has 0 fully saturated rings. The lowest BCUT2D eigenvalue weighted by Gasteiger charge is -2.05.